The Hall–Kier alpha value is -1.57. The molecule has 0 bridgehead atoms. The van der Waals surface area contributed by atoms with Crippen molar-refractivity contribution in [2.45, 2.75) is 17.9 Å². The number of nitrogen functional groups attached to an aromatic ring is 1. The van der Waals surface area contributed by atoms with Crippen LogP contribution in [0.1, 0.15) is 6.92 Å². The third-order valence-corrected chi connectivity index (χ3v) is 5.61. The maximum Gasteiger partial charge on any atom is 0.245 e. The summed E-state index contributed by atoms with van der Waals surface area (Å²) in [5, 5.41) is 0.628. The zero-order chi connectivity index (χ0) is 14.3. The number of hydrogen-bond acceptors (Lipinski definition) is 4. The van der Waals surface area contributed by atoms with Crippen LogP contribution in [0.3, 0.4) is 0 Å². The molecule has 1 saturated heterocycles. The van der Waals surface area contributed by atoms with E-state index in [0.717, 1.165) is 5.52 Å². The molecule has 1 aromatic heterocycles. The van der Waals surface area contributed by atoms with Gasteiger partial charge >= 0.3 is 0 Å². The Morgan fingerprint density at radius 2 is 2.25 bits per heavy atom. The van der Waals surface area contributed by atoms with Gasteiger partial charge in [0.2, 0.25) is 10.0 Å². The first-order valence-corrected chi connectivity index (χ1v) is 7.90. The summed E-state index contributed by atoms with van der Waals surface area (Å²) in [6, 6.07) is 5.04. The number of hydrogen-bond donors (Lipinski definition) is 2. The molecule has 108 valence electrons. The average Bonchev–Trinajstić information content (AvgIpc) is 2.82. The van der Waals surface area contributed by atoms with Crippen LogP contribution in [0.15, 0.2) is 29.3 Å². The number of rotatable bonds is 2. The van der Waals surface area contributed by atoms with Crippen molar-refractivity contribution < 1.29 is 13.2 Å². The van der Waals surface area contributed by atoms with Crippen LogP contribution in [-0.2, 0) is 14.8 Å². The van der Waals surface area contributed by atoms with Crippen molar-refractivity contribution in [3.63, 3.8) is 0 Å². The average molecular weight is 295 g/mol. The second kappa shape index (κ2) is 4.76. The van der Waals surface area contributed by atoms with E-state index in [-0.39, 0.29) is 10.9 Å². The molecular formula is C13H17N3O3S. The van der Waals surface area contributed by atoms with Crippen LogP contribution in [0, 0.1) is 0 Å². The second-order valence-electron chi connectivity index (χ2n) is 5.00. The Balaban J connectivity index is 2.11. The van der Waals surface area contributed by atoms with Crippen molar-refractivity contribution >= 4 is 26.6 Å². The van der Waals surface area contributed by atoms with Crippen LogP contribution in [0.5, 0.6) is 0 Å². The Labute approximate surface area is 117 Å². The van der Waals surface area contributed by atoms with E-state index in [9.17, 15) is 8.42 Å². The zero-order valence-electron chi connectivity index (χ0n) is 11.2. The highest BCUT2D eigenvalue weighted by molar-refractivity contribution is 7.89. The van der Waals surface area contributed by atoms with E-state index in [0.29, 0.717) is 30.8 Å². The first-order chi connectivity index (χ1) is 9.50. The lowest BCUT2D eigenvalue weighted by molar-refractivity contribution is 0.0393. The third-order valence-electron chi connectivity index (χ3n) is 3.56. The molecule has 7 heteroatoms. The number of fused-ring (bicyclic) bond motifs is 1. The number of nitrogens with zero attached hydrogens (tertiary/aromatic N) is 1. The molecule has 2 heterocycles. The molecule has 3 N–H and O–H groups in total. The van der Waals surface area contributed by atoms with Crippen molar-refractivity contribution in [3.8, 4) is 0 Å². The van der Waals surface area contributed by atoms with Gasteiger partial charge in [-0.05, 0) is 25.1 Å². The van der Waals surface area contributed by atoms with E-state index >= 15 is 0 Å². The number of aromatic nitrogens is 1. The van der Waals surface area contributed by atoms with Crippen LogP contribution in [0.4, 0.5) is 5.69 Å². The summed E-state index contributed by atoms with van der Waals surface area (Å²) >= 11 is 0. The van der Waals surface area contributed by atoms with E-state index in [4.69, 9.17) is 10.5 Å². The lowest BCUT2D eigenvalue weighted by atomic mass is 10.2. The largest absolute Gasteiger partial charge is 0.399 e. The predicted molar refractivity (Wildman–Crippen MR) is 76.9 cm³/mol. The van der Waals surface area contributed by atoms with Crippen molar-refractivity contribution in [1.29, 1.82) is 0 Å². The van der Waals surface area contributed by atoms with Gasteiger partial charge < -0.3 is 15.5 Å². The molecule has 0 saturated carbocycles. The summed E-state index contributed by atoms with van der Waals surface area (Å²) in [4.78, 5) is 3.25. The summed E-state index contributed by atoms with van der Waals surface area (Å²) in [5.41, 5.74) is 7.07. The molecule has 6 nitrogen and oxygen atoms in total. The fourth-order valence-corrected chi connectivity index (χ4v) is 4.28. The highest BCUT2D eigenvalue weighted by Crippen LogP contribution is 2.28. The van der Waals surface area contributed by atoms with Crippen LogP contribution in [-0.4, -0.2) is 43.5 Å². The van der Waals surface area contributed by atoms with Gasteiger partial charge in [0.1, 0.15) is 4.90 Å². The fourth-order valence-electron chi connectivity index (χ4n) is 2.52. The van der Waals surface area contributed by atoms with E-state index in [2.05, 4.69) is 4.98 Å². The quantitative estimate of drug-likeness (QED) is 0.814. The number of anilines is 1. The molecule has 0 spiro atoms. The van der Waals surface area contributed by atoms with Gasteiger partial charge in [-0.3, -0.25) is 0 Å². The minimum atomic E-state index is -3.54. The molecule has 0 radical (unpaired) electrons. The monoisotopic (exact) mass is 295 g/mol. The van der Waals surface area contributed by atoms with Gasteiger partial charge in [-0.25, -0.2) is 8.42 Å². The van der Waals surface area contributed by atoms with E-state index in [1.807, 2.05) is 6.92 Å². The van der Waals surface area contributed by atoms with Crippen LogP contribution in [0.25, 0.3) is 10.9 Å². The number of ether oxygens (including phenoxy) is 1. The standard InChI is InChI=1S/C13H17N3O3S/c1-9-8-19-5-4-16(9)20(17,18)13-7-15-12-3-2-10(14)6-11(12)13/h2-3,6-7,9,15H,4-5,8,14H2,1H3. The van der Waals surface area contributed by atoms with E-state index < -0.39 is 10.0 Å². The van der Waals surface area contributed by atoms with Gasteiger partial charge in [0.05, 0.1) is 13.2 Å². The molecule has 1 atom stereocenters. The Morgan fingerprint density at radius 1 is 1.45 bits per heavy atom. The number of nitrogens with two attached hydrogens (primary N) is 1. The number of nitrogens with one attached hydrogen (secondary N) is 1. The first kappa shape index (κ1) is 13.4. The molecule has 1 aromatic carbocycles. The van der Waals surface area contributed by atoms with E-state index in [1.165, 1.54) is 10.5 Å². The number of morpholine rings is 1. The first-order valence-electron chi connectivity index (χ1n) is 6.46. The number of aromatic amines is 1. The predicted octanol–water partition coefficient (Wildman–Crippen LogP) is 1.16. The molecule has 1 aliphatic rings. The summed E-state index contributed by atoms with van der Waals surface area (Å²) in [6.07, 6.45) is 1.53. The van der Waals surface area contributed by atoms with Crippen LogP contribution >= 0.6 is 0 Å². The summed E-state index contributed by atoms with van der Waals surface area (Å²) in [6.45, 7) is 3.07. The van der Waals surface area contributed by atoms with Crippen molar-refractivity contribution in [2.75, 3.05) is 25.5 Å². The molecule has 1 unspecified atom stereocenters. The highest BCUT2D eigenvalue weighted by Gasteiger charge is 2.33. The van der Waals surface area contributed by atoms with Crippen LogP contribution in [0.2, 0.25) is 0 Å². The number of sulfonamides is 1. The van der Waals surface area contributed by atoms with Crippen molar-refractivity contribution in [1.82, 2.24) is 9.29 Å². The molecule has 1 aliphatic heterocycles. The minimum Gasteiger partial charge on any atom is -0.399 e. The molecule has 3 rings (SSSR count). The van der Waals surface area contributed by atoms with Gasteiger partial charge in [-0.2, -0.15) is 4.31 Å². The molecule has 0 amide bonds. The smallest absolute Gasteiger partial charge is 0.245 e. The fraction of sp³-hybridized carbons (Fsp3) is 0.385. The van der Waals surface area contributed by atoms with Crippen molar-refractivity contribution in [3.05, 3.63) is 24.4 Å². The maximum absolute atomic E-state index is 12.8. The molecule has 20 heavy (non-hydrogen) atoms. The summed E-state index contributed by atoms with van der Waals surface area (Å²) in [5.74, 6) is 0. The highest BCUT2D eigenvalue weighted by atomic mass is 32.2. The normalized spacial score (nSPS) is 21.4. The van der Waals surface area contributed by atoms with Crippen LogP contribution < -0.4 is 5.73 Å². The second-order valence-corrected chi connectivity index (χ2v) is 6.86. The number of H-pyrrole nitrogens is 1. The maximum atomic E-state index is 12.8. The topological polar surface area (TPSA) is 88.4 Å². The third kappa shape index (κ3) is 2.07. The molecule has 2 aromatic rings. The Kier molecular flexibility index (Phi) is 3.19. The van der Waals surface area contributed by atoms with Gasteiger partial charge in [0, 0.05) is 35.4 Å². The minimum absolute atomic E-state index is 0.167. The van der Waals surface area contributed by atoms with Gasteiger partial charge in [-0.15, -0.1) is 0 Å². The Morgan fingerprint density at radius 3 is 3.00 bits per heavy atom. The number of benzene rings is 1. The van der Waals surface area contributed by atoms with E-state index in [1.54, 1.807) is 18.2 Å². The van der Waals surface area contributed by atoms with Gasteiger partial charge in [-0.1, -0.05) is 0 Å². The van der Waals surface area contributed by atoms with Crippen molar-refractivity contribution in [2.24, 2.45) is 0 Å². The molecule has 1 fully saturated rings. The SMILES string of the molecule is CC1COCCN1S(=O)(=O)c1c[nH]c2ccc(N)cc12. The zero-order valence-corrected chi connectivity index (χ0v) is 12.0. The van der Waals surface area contributed by atoms with Gasteiger partial charge in [0.25, 0.3) is 0 Å². The lowest BCUT2D eigenvalue weighted by Gasteiger charge is -2.32. The summed E-state index contributed by atoms with van der Waals surface area (Å²) in [7, 11) is -3.54. The lowest BCUT2D eigenvalue weighted by Crippen LogP contribution is -2.46. The van der Waals surface area contributed by atoms with Gasteiger partial charge in [0.15, 0.2) is 0 Å². The summed E-state index contributed by atoms with van der Waals surface area (Å²) < 4.78 is 32.4. The molecule has 0 aliphatic carbocycles. The Bertz CT molecular complexity index is 738. The molecular weight excluding hydrogens is 278 g/mol.